The number of nitrogens with one attached hydrogen (secondary N) is 1. The molecule has 2 aromatic carbocycles. The Hall–Kier alpha value is -2.33. The highest BCUT2D eigenvalue weighted by atomic mass is 35.5. The van der Waals surface area contributed by atoms with Gasteiger partial charge in [0.1, 0.15) is 6.04 Å². The second-order valence-corrected chi connectivity index (χ2v) is 6.47. The number of carboxylic acids is 1. The van der Waals surface area contributed by atoms with E-state index in [4.69, 9.17) is 11.6 Å². The number of hydrogen-bond donors (Lipinski definition) is 2. The Morgan fingerprint density at radius 1 is 1.12 bits per heavy atom. The van der Waals surface area contributed by atoms with Crippen molar-refractivity contribution in [1.29, 1.82) is 0 Å². The molecule has 2 N–H and O–H groups in total. The van der Waals surface area contributed by atoms with Crippen LogP contribution in [0.15, 0.2) is 54.6 Å². The molecule has 1 aliphatic rings. The first-order valence-electron chi connectivity index (χ1n) is 7.88. The fourth-order valence-corrected chi connectivity index (χ4v) is 3.21. The van der Waals surface area contributed by atoms with E-state index >= 15 is 0 Å². The van der Waals surface area contributed by atoms with Gasteiger partial charge in [-0.25, -0.2) is 4.79 Å². The molecule has 1 aliphatic carbocycles. The van der Waals surface area contributed by atoms with Crippen LogP contribution >= 0.6 is 11.6 Å². The molecular formula is C19H18ClNO3. The van der Waals surface area contributed by atoms with Crippen molar-refractivity contribution in [2.45, 2.75) is 24.8 Å². The number of carboxylic acid groups (broad SMARTS) is 1. The maximum atomic E-state index is 12.4. The predicted octanol–water partition coefficient (Wildman–Crippen LogP) is 3.26. The molecule has 0 aromatic heterocycles. The van der Waals surface area contributed by atoms with Gasteiger partial charge in [-0.15, -0.1) is 0 Å². The highest BCUT2D eigenvalue weighted by Crippen LogP contribution is 2.49. The SMILES string of the molecule is O=C(N[C@H](Cc1ccccc1)C(=O)O)C1CC1c1ccccc1Cl. The van der Waals surface area contributed by atoms with E-state index in [9.17, 15) is 14.7 Å². The van der Waals surface area contributed by atoms with Crippen LogP contribution in [0.4, 0.5) is 0 Å². The van der Waals surface area contributed by atoms with Gasteiger partial charge in [0, 0.05) is 17.4 Å². The average Bonchev–Trinajstić information content (AvgIpc) is 3.36. The van der Waals surface area contributed by atoms with Crippen LogP contribution in [-0.4, -0.2) is 23.0 Å². The number of carbonyl (C=O) groups is 2. The molecular weight excluding hydrogens is 326 g/mol. The molecule has 24 heavy (non-hydrogen) atoms. The molecule has 0 saturated heterocycles. The Labute approximate surface area is 145 Å². The first kappa shape index (κ1) is 16.5. The molecule has 1 amide bonds. The van der Waals surface area contributed by atoms with Crippen LogP contribution in [0.5, 0.6) is 0 Å². The van der Waals surface area contributed by atoms with Crippen LogP contribution in [0.2, 0.25) is 5.02 Å². The highest BCUT2D eigenvalue weighted by Gasteiger charge is 2.45. The molecule has 0 bridgehead atoms. The van der Waals surface area contributed by atoms with Gasteiger partial charge in [0.25, 0.3) is 0 Å². The number of carbonyl (C=O) groups excluding carboxylic acids is 1. The molecule has 124 valence electrons. The predicted molar refractivity (Wildman–Crippen MR) is 92.0 cm³/mol. The molecule has 2 aromatic rings. The van der Waals surface area contributed by atoms with E-state index in [0.717, 1.165) is 11.1 Å². The van der Waals surface area contributed by atoms with Crippen molar-refractivity contribution in [3.8, 4) is 0 Å². The van der Waals surface area contributed by atoms with Gasteiger partial charge in [-0.2, -0.15) is 0 Å². The summed E-state index contributed by atoms with van der Waals surface area (Å²) in [4.78, 5) is 23.8. The normalized spacial score (nSPS) is 20.2. The molecule has 3 rings (SSSR count). The van der Waals surface area contributed by atoms with Crippen LogP contribution in [0.25, 0.3) is 0 Å². The van der Waals surface area contributed by atoms with Gasteiger partial charge < -0.3 is 10.4 Å². The fourth-order valence-electron chi connectivity index (χ4n) is 2.93. The van der Waals surface area contributed by atoms with E-state index < -0.39 is 12.0 Å². The summed E-state index contributed by atoms with van der Waals surface area (Å²) < 4.78 is 0. The summed E-state index contributed by atoms with van der Waals surface area (Å²) in [7, 11) is 0. The zero-order chi connectivity index (χ0) is 17.1. The van der Waals surface area contributed by atoms with Gasteiger partial charge >= 0.3 is 5.97 Å². The third-order valence-electron chi connectivity index (χ3n) is 4.33. The molecule has 0 spiro atoms. The van der Waals surface area contributed by atoms with E-state index in [2.05, 4.69) is 5.32 Å². The zero-order valence-electron chi connectivity index (χ0n) is 13.0. The standard InChI is InChI=1S/C19H18ClNO3/c20-16-9-5-4-8-13(16)14-11-15(14)18(22)21-17(19(23)24)10-12-6-2-1-3-7-12/h1-9,14-15,17H,10-11H2,(H,21,22)(H,23,24)/t14?,15?,17-/m1/s1. The van der Waals surface area contributed by atoms with Gasteiger partial charge in [-0.3, -0.25) is 4.79 Å². The van der Waals surface area contributed by atoms with Gasteiger partial charge in [0.2, 0.25) is 5.91 Å². The van der Waals surface area contributed by atoms with Gasteiger partial charge in [0.05, 0.1) is 0 Å². The maximum absolute atomic E-state index is 12.4. The van der Waals surface area contributed by atoms with Crippen molar-refractivity contribution in [3.05, 3.63) is 70.7 Å². The van der Waals surface area contributed by atoms with E-state index in [-0.39, 0.29) is 24.2 Å². The summed E-state index contributed by atoms with van der Waals surface area (Å²) in [6.45, 7) is 0. The molecule has 0 radical (unpaired) electrons. The number of aliphatic carboxylic acids is 1. The minimum absolute atomic E-state index is 0.0740. The zero-order valence-corrected chi connectivity index (χ0v) is 13.7. The maximum Gasteiger partial charge on any atom is 0.326 e. The Morgan fingerprint density at radius 3 is 2.46 bits per heavy atom. The Balaban J connectivity index is 1.63. The lowest BCUT2D eigenvalue weighted by atomic mass is 10.1. The van der Waals surface area contributed by atoms with Crippen LogP contribution in [0.1, 0.15) is 23.5 Å². The second-order valence-electron chi connectivity index (χ2n) is 6.06. The van der Waals surface area contributed by atoms with Crippen LogP contribution < -0.4 is 5.32 Å². The minimum atomic E-state index is -1.03. The second kappa shape index (κ2) is 7.05. The van der Waals surface area contributed by atoms with Crippen molar-refractivity contribution < 1.29 is 14.7 Å². The third-order valence-corrected chi connectivity index (χ3v) is 4.67. The Bertz CT molecular complexity index is 747. The number of halogens is 1. The van der Waals surface area contributed by atoms with Gasteiger partial charge in [-0.1, -0.05) is 60.1 Å². The minimum Gasteiger partial charge on any atom is -0.480 e. The van der Waals surface area contributed by atoms with E-state index in [1.54, 1.807) is 6.07 Å². The van der Waals surface area contributed by atoms with Crippen molar-refractivity contribution in [2.24, 2.45) is 5.92 Å². The summed E-state index contributed by atoms with van der Waals surface area (Å²) in [5.41, 5.74) is 1.83. The molecule has 0 heterocycles. The summed E-state index contributed by atoms with van der Waals surface area (Å²) in [6.07, 6.45) is 0.971. The number of hydrogen-bond acceptors (Lipinski definition) is 2. The smallest absolute Gasteiger partial charge is 0.326 e. The van der Waals surface area contributed by atoms with Crippen molar-refractivity contribution in [2.75, 3.05) is 0 Å². The molecule has 0 aliphatic heterocycles. The summed E-state index contributed by atoms with van der Waals surface area (Å²) in [6, 6.07) is 15.8. The topological polar surface area (TPSA) is 66.4 Å². The van der Waals surface area contributed by atoms with Crippen molar-refractivity contribution in [3.63, 3.8) is 0 Å². The summed E-state index contributed by atoms with van der Waals surface area (Å²) in [5, 5.41) is 12.7. The highest BCUT2D eigenvalue weighted by molar-refractivity contribution is 6.31. The molecule has 2 unspecified atom stereocenters. The largest absolute Gasteiger partial charge is 0.480 e. The third kappa shape index (κ3) is 3.77. The molecule has 3 atom stereocenters. The molecule has 5 heteroatoms. The lowest BCUT2D eigenvalue weighted by Crippen LogP contribution is -2.43. The quantitative estimate of drug-likeness (QED) is 0.846. The van der Waals surface area contributed by atoms with Crippen molar-refractivity contribution >= 4 is 23.5 Å². The van der Waals surface area contributed by atoms with Crippen molar-refractivity contribution in [1.82, 2.24) is 5.32 Å². The molecule has 1 fully saturated rings. The molecule has 1 saturated carbocycles. The monoisotopic (exact) mass is 343 g/mol. The van der Waals surface area contributed by atoms with Gasteiger partial charge in [-0.05, 0) is 29.5 Å². The lowest BCUT2D eigenvalue weighted by Gasteiger charge is -2.15. The number of rotatable bonds is 6. The lowest BCUT2D eigenvalue weighted by molar-refractivity contribution is -0.142. The van der Waals surface area contributed by atoms with Crippen LogP contribution in [-0.2, 0) is 16.0 Å². The van der Waals surface area contributed by atoms with E-state index in [1.807, 2.05) is 48.5 Å². The van der Waals surface area contributed by atoms with Crippen LogP contribution in [0.3, 0.4) is 0 Å². The van der Waals surface area contributed by atoms with Gasteiger partial charge in [0.15, 0.2) is 0 Å². The summed E-state index contributed by atoms with van der Waals surface area (Å²) in [5.74, 6) is -1.38. The van der Waals surface area contributed by atoms with Crippen LogP contribution in [0, 0.1) is 5.92 Å². The first-order valence-corrected chi connectivity index (χ1v) is 8.25. The Morgan fingerprint density at radius 2 is 1.79 bits per heavy atom. The number of amides is 1. The van der Waals surface area contributed by atoms with E-state index in [1.165, 1.54) is 0 Å². The molecule has 4 nitrogen and oxygen atoms in total. The average molecular weight is 344 g/mol. The number of benzene rings is 2. The Kier molecular flexibility index (Phi) is 4.86. The first-order chi connectivity index (χ1) is 11.6. The summed E-state index contributed by atoms with van der Waals surface area (Å²) >= 11 is 6.17. The fraction of sp³-hybridized carbons (Fsp3) is 0.263. The van der Waals surface area contributed by atoms with E-state index in [0.29, 0.717) is 11.4 Å².